The standard InChI is InChI=1S/C14H10N2/c1-2-10-6-16-8-12-4-3-11-7-15-5-9(1)13(11)14(10)12/h1-7,16H,8H2. The van der Waals surface area contributed by atoms with Gasteiger partial charge < -0.3 is 5.32 Å². The zero-order valence-electron chi connectivity index (χ0n) is 8.70. The molecule has 2 aromatic carbocycles. The minimum Gasteiger partial charge on any atom is -0.386 e. The van der Waals surface area contributed by atoms with Gasteiger partial charge in [0.15, 0.2) is 0 Å². The number of nitrogens with one attached hydrogen (secondary N) is 1. The smallest absolute Gasteiger partial charge is 0.0401 e. The van der Waals surface area contributed by atoms with Crippen molar-refractivity contribution in [2.45, 2.75) is 6.54 Å². The highest BCUT2D eigenvalue weighted by molar-refractivity contribution is 6.11. The Bertz CT molecular complexity index is 743. The van der Waals surface area contributed by atoms with Gasteiger partial charge in [-0.3, -0.25) is 4.98 Å². The summed E-state index contributed by atoms with van der Waals surface area (Å²) in [5, 5.41) is 9.79. The highest BCUT2D eigenvalue weighted by atomic mass is 14.8. The largest absolute Gasteiger partial charge is 0.386 e. The summed E-state index contributed by atoms with van der Waals surface area (Å²) in [6.07, 6.45) is 5.98. The summed E-state index contributed by atoms with van der Waals surface area (Å²) in [6, 6.07) is 8.66. The third kappa shape index (κ3) is 0.890. The van der Waals surface area contributed by atoms with Crippen LogP contribution in [-0.2, 0) is 6.54 Å². The Balaban J connectivity index is 2.45. The maximum Gasteiger partial charge on any atom is 0.0401 e. The lowest BCUT2D eigenvalue weighted by Crippen LogP contribution is -2.19. The summed E-state index contributed by atoms with van der Waals surface area (Å²) in [4.78, 5) is 4.27. The van der Waals surface area contributed by atoms with Crippen molar-refractivity contribution >= 4 is 27.7 Å². The van der Waals surface area contributed by atoms with Gasteiger partial charge in [0.1, 0.15) is 0 Å². The van der Waals surface area contributed by atoms with E-state index in [0.717, 1.165) is 6.54 Å². The number of nitrogens with zero attached hydrogens (tertiary/aromatic N) is 1. The van der Waals surface area contributed by atoms with Gasteiger partial charge in [-0.2, -0.15) is 0 Å². The van der Waals surface area contributed by atoms with Crippen molar-refractivity contribution in [2.24, 2.45) is 0 Å². The molecule has 1 aromatic heterocycles. The Labute approximate surface area is 92.6 Å². The van der Waals surface area contributed by atoms with Crippen LogP contribution in [0.3, 0.4) is 0 Å². The van der Waals surface area contributed by atoms with E-state index in [9.17, 15) is 0 Å². The quantitative estimate of drug-likeness (QED) is 0.608. The summed E-state index contributed by atoms with van der Waals surface area (Å²) < 4.78 is 0. The molecule has 0 saturated carbocycles. The number of hydrogen-bond acceptors (Lipinski definition) is 2. The molecular formula is C14H10N2. The molecule has 1 N–H and O–H groups in total. The van der Waals surface area contributed by atoms with Gasteiger partial charge in [-0.05, 0) is 16.2 Å². The molecule has 1 aliphatic heterocycles. The first-order valence-corrected chi connectivity index (χ1v) is 5.45. The molecule has 0 bridgehead atoms. The lowest BCUT2D eigenvalue weighted by Gasteiger charge is -2.15. The predicted octanol–water partition coefficient (Wildman–Crippen LogP) is 1.95. The van der Waals surface area contributed by atoms with Crippen molar-refractivity contribution in [3.63, 3.8) is 0 Å². The fourth-order valence-corrected chi connectivity index (χ4v) is 2.60. The van der Waals surface area contributed by atoms with E-state index in [2.05, 4.69) is 40.8 Å². The van der Waals surface area contributed by atoms with Gasteiger partial charge in [0.05, 0.1) is 0 Å². The van der Waals surface area contributed by atoms with Gasteiger partial charge in [0.2, 0.25) is 0 Å². The average molecular weight is 206 g/mol. The van der Waals surface area contributed by atoms with Crippen LogP contribution < -0.4 is 10.5 Å². The number of aromatic nitrogens is 1. The minimum atomic E-state index is 0.921. The molecule has 0 saturated heterocycles. The zero-order valence-corrected chi connectivity index (χ0v) is 8.70. The van der Waals surface area contributed by atoms with Crippen LogP contribution in [-0.4, -0.2) is 4.98 Å². The van der Waals surface area contributed by atoms with Gasteiger partial charge in [-0.25, -0.2) is 0 Å². The van der Waals surface area contributed by atoms with Crippen LogP contribution in [0.4, 0.5) is 0 Å². The number of benzene rings is 2. The van der Waals surface area contributed by atoms with Crippen molar-refractivity contribution in [1.29, 1.82) is 0 Å². The zero-order chi connectivity index (χ0) is 10.5. The second-order valence-corrected chi connectivity index (χ2v) is 4.24. The van der Waals surface area contributed by atoms with E-state index < -0.39 is 0 Å². The summed E-state index contributed by atoms with van der Waals surface area (Å²) >= 11 is 0. The lowest BCUT2D eigenvalue weighted by atomic mass is 9.96. The molecule has 0 atom stereocenters. The van der Waals surface area contributed by atoms with E-state index in [1.165, 1.54) is 32.3 Å². The van der Waals surface area contributed by atoms with Crippen LogP contribution >= 0.6 is 0 Å². The Morgan fingerprint density at radius 2 is 1.75 bits per heavy atom. The van der Waals surface area contributed by atoms with Crippen molar-refractivity contribution in [2.75, 3.05) is 0 Å². The molecule has 2 nitrogen and oxygen atoms in total. The summed E-state index contributed by atoms with van der Waals surface area (Å²) in [5.41, 5.74) is 1.38. The van der Waals surface area contributed by atoms with Gasteiger partial charge in [0.25, 0.3) is 0 Å². The molecule has 2 heterocycles. The average Bonchev–Trinajstić information content (AvgIpc) is 2.36. The van der Waals surface area contributed by atoms with E-state index in [4.69, 9.17) is 0 Å². The molecule has 0 aliphatic carbocycles. The Morgan fingerprint density at radius 3 is 2.62 bits per heavy atom. The van der Waals surface area contributed by atoms with Crippen molar-refractivity contribution in [3.8, 4) is 0 Å². The predicted molar refractivity (Wildman–Crippen MR) is 65.8 cm³/mol. The lowest BCUT2D eigenvalue weighted by molar-refractivity contribution is 0.909. The Kier molecular flexibility index (Phi) is 1.38. The van der Waals surface area contributed by atoms with E-state index in [1.54, 1.807) is 0 Å². The van der Waals surface area contributed by atoms with Gasteiger partial charge in [-0.1, -0.05) is 24.3 Å². The first kappa shape index (κ1) is 8.11. The molecule has 0 spiro atoms. The molecule has 0 fully saturated rings. The molecular weight excluding hydrogens is 196 g/mol. The normalized spacial score (nSPS) is 13.8. The fraction of sp³-hybridized carbons (Fsp3) is 0.0714. The third-order valence-electron chi connectivity index (χ3n) is 3.32. The van der Waals surface area contributed by atoms with E-state index in [1.807, 2.05) is 12.4 Å². The maximum atomic E-state index is 4.27. The SMILES string of the molecule is C1=c2ccc3cncc4ccc(c2c43)CN1. The van der Waals surface area contributed by atoms with Crippen LogP contribution in [0.2, 0.25) is 0 Å². The number of pyridine rings is 1. The molecule has 0 amide bonds. The van der Waals surface area contributed by atoms with E-state index in [-0.39, 0.29) is 0 Å². The van der Waals surface area contributed by atoms with Crippen molar-refractivity contribution < 1.29 is 0 Å². The fourth-order valence-electron chi connectivity index (χ4n) is 2.60. The molecule has 2 heteroatoms. The molecule has 0 unspecified atom stereocenters. The second-order valence-electron chi connectivity index (χ2n) is 4.24. The second kappa shape index (κ2) is 2.73. The van der Waals surface area contributed by atoms with Crippen LogP contribution in [0.25, 0.3) is 27.7 Å². The van der Waals surface area contributed by atoms with Crippen LogP contribution in [0, 0.1) is 0 Å². The summed E-state index contributed by atoms with van der Waals surface area (Å²) in [5.74, 6) is 0. The van der Waals surface area contributed by atoms with Gasteiger partial charge >= 0.3 is 0 Å². The highest BCUT2D eigenvalue weighted by Gasteiger charge is 2.10. The maximum absolute atomic E-state index is 4.27. The van der Waals surface area contributed by atoms with E-state index in [0.29, 0.717) is 0 Å². The number of hydrogen-bond donors (Lipinski definition) is 1. The molecule has 3 aromatic rings. The van der Waals surface area contributed by atoms with Gasteiger partial charge in [-0.15, -0.1) is 0 Å². The molecule has 16 heavy (non-hydrogen) atoms. The molecule has 76 valence electrons. The monoisotopic (exact) mass is 206 g/mol. The number of rotatable bonds is 0. The van der Waals surface area contributed by atoms with E-state index >= 15 is 0 Å². The Morgan fingerprint density at radius 1 is 0.938 bits per heavy atom. The van der Waals surface area contributed by atoms with Crippen LogP contribution in [0.5, 0.6) is 0 Å². The summed E-state index contributed by atoms with van der Waals surface area (Å²) in [6.45, 7) is 0.921. The van der Waals surface area contributed by atoms with Crippen LogP contribution in [0.1, 0.15) is 5.56 Å². The first-order valence-electron chi connectivity index (χ1n) is 5.45. The first-order chi connectivity index (χ1) is 7.93. The molecule has 0 radical (unpaired) electrons. The van der Waals surface area contributed by atoms with Crippen molar-refractivity contribution in [1.82, 2.24) is 10.3 Å². The van der Waals surface area contributed by atoms with Crippen molar-refractivity contribution in [3.05, 3.63) is 47.4 Å². The molecule has 4 rings (SSSR count). The topological polar surface area (TPSA) is 24.9 Å². The van der Waals surface area contributed by atoms with Crippen LogP contribution in [0.15, 0.2) is 36.7 Å². The Hall–Kier alpha value is -2.09. The minimum absolute atomic E-state index is 0.921. The molecule has 1 aliphatic rings. The third-order valence-corrected chi connectivity index (χ3v) is 3.32. The van der Waals surface area contributed by atoms with Gasteiger partial charge in [0, 0.05) is 41.3 Å². The highest BCUT2D eigenvalue weighted by Crippen LogP contribution is 2.26. The summed E-state index contributed by atoms with van der Waals surface area (Å²) in [7, 11) is 0.